The fourth-order valence-corrected chi connectivity index (χ4v) is 2.37. The average molecular weight is 336 g/mol. The number of halogens is 1. The molecular weight excluding hydrogens is 318 g/mol. The van der Waals surface area contributed by atoms with Crippen molar-refractivity contribution in [2.75, 3.05) is 14.2 Å². The highest BCUT2D eigenvalue weighted by Gasteiger charge is 2.15. The van der Waals surface area contributed by atoms with Crippen LogP contribution in [0.3, 0.4) is 0 Å². The van der Waals surface area contributed by atoms with Gasteiger partial charge in [0.2, 0.25) is 0 Å². The van der Waals surface area contributed by atoms with E-state index in [9.17, 15) is 0 Å². The first-order valence-electron chi connectivity index (χ1n) is 6.30. The topological polar surface area (TPSA) is 44.5 Å². The lowest BCUT2D eigenvalue weighted by atomic mass is 9.97. The molecule has 0 aliphatic heterocycles. The standard InChI is InChI=1S/C16H18BrNO2/c1-10-8-11(4-6-14(10)17)16(18)13-9-12(19-2)5-7-15(13)20-3/h4-9,16H,18H2,1-3H3. The lowest BCUT2D eigenvalue weighted by molar-refractivity contribution is 0.397. The Morgan fingerprint density at radius 3 is 2.40 bits per heavy atom. The molecule has 3 nitrogen and oxygen atoms in total. The van der Waals surface area contributed by atoms with Gasteiger partial charge in [0.05, 0.1) is 20.3 Å². The third-order valence-corrected chi connectivity index (χ3v) is 4.20. The Morgan fingerprint density at radius 2 is 1.80 bits per heavy atom. The maximum atomic E-state index is 6.38. The highest BCUT2D eigenvalue weighted by atomic mass is 79.9. The molecule has 2 N–H and O–H groups in total. The maximum absolute atomic E-state index is 6.38. The van der Waals surface area contributed by atoms with E-state index in [2.05, 4.69) is 22.0 Å². The predicted octanol–water partition coefficient (Wildman–Crippen LogP) is 3.82. The SMILES string of the molecule is COc1ccc(OC)c(C(N)c2ccc(Br)c(C)c2)c1. The quantitative estimate of drug-likeness (QED) is 0.923. The normalized spacial score (nSPS) is 12.1. The summed E-state index contributed by atoms with van der Waals surface area (Å²) in [5.41, 5.74) is 9.49. The molecule has 0 radical (unpaired) electrons. The number of ether oxygens (including phenoxy) is 2. The lowest BCUT2D eigenvalue weighted by Crippen LogP contribution is -2.13. The lowest BCUT2D eigenvalue weighted by Gasteiger charge is -2.18. The van der Waals surface area contributed by atoms with Crippen molar-refractivity contribution in [3.8, 4) is 11.5 Å². The minimum absolute atomic E-state index is 0.258. The monoisotopic (exact) mass is 335 g/mol. The molecule has 2 aromatic rings. The molecule has 0 saturated carbocycles. The van der Waals surface area contributed by atoms with E-state index in [1.807, 2.05) is 37.3 Å². The van der Waals surface area contributed by atoms with E-state index >= 15 is 0 Å². The van der Waals surface area contributed by atoms with Gasteiger partial charge in [0.15, 0.2) is 0 Å². The summed E-state index contributed by atoms with van der Waals surface area (Å²) < 4.78 is 11.7. The molecule has 20 heavy (non-hydrogen) atoms. The van der Waals surface area contributed by atoms with E-state index in [0.717, 1.165) is 32.7 Å². The maximum Gasteiger partial charge on any atom is 0.124 e. The zero-order chi connectivity index (χ0) is 14.7. The van der Waals surface area contributed by atoms with Crippen LogP contribution in [0, 0.1) is 6.92 Å². The molecule has 0 amide bonds. The van der Waals surface area contributed by atoms with Crippen LogP contribution in [-0.4, -0.2) is 14.2 Å². The summed E-state index contributed by atoms with van der Waals surface area (Å²) in [6.07, 6.45) is 0. The zero-order valence-corrected chi connectivity index (χ0v) is 13.4. The Labute approximate surface area is 127 Å². The van der Waals surface area contributed by atoms with Crippen LogP contribution in [0.1, 0.15) is 22.7 Å². The molecule has 2 rings (SSSR count). The van der Waals surface area contributed by atoms with Crippen LogP contribution >= 0.6 is 15.9 Å². The van der Waals surface area contributed by atoms with E-state index in [4.69, 9.17) is 15.2 Å². The number of methoxy groups -OCH3 is 2. The fraction of sp³-hybridized carbons (Fsp3) is 0.250. The van der Waals surface area contributed by atoms with Gasteiger partial charge in [0, 0.05) is 10.0 Å². The van der Waals surface area contributed by atoms with Crippen molar-refractivity contribution in [3.63, 3.8) is 0 Å². The van der Waals surface area contributed by atoms with Crippen molar-refractivity contribution in [2.24, 2.45) is 5.73 Å². The summed E-state index contributed by atoms with van der Waals surface area (Å²) in [6, 6.07) is 11.5. The van der Waals surface area contributed by atoms with Crippen molar-refractivity contribution in [1.82, 2.24) is 0 Å². The molecule has 0 heterocycles. The summed E-state index contributed by atoms with van der Waals surface area (Å²) in [5, 5.41) is 0. The smallest absolute Gasteiger partial charge is 0.124 e. The molecule has 4 heteroatoms. The van der Waals surface area contributed by atoms with Gasteiger partial charge >= 0.3 is 0 Å². The first kappa shape index (κ1) is 14.9. The minimum Gasteiger partial charge on any atom is -0.497 e. The fourth-order valence-electron chi connectivity index (χ4n) is 2.12. The largest absolute Gasteiger partial charge is 0.497 e. The molecule has 0 fully saturated rings. The first-order valence-corrected chi connectivity index (χ1v) is 7.09. The van der Waals surface area contributed by atoms with Crippen LogP contribution in [0.4, 0.5) is 0 Å². The number of benzene rings is 2. The molecule has 2 aromatic carbocycles. The summed E-state index contributed by atoms with van der Waals surface area (Å²) in [5.74, 6) is 1.53. The summed E-state index contributed by atoms with van der Waals surface area (Å²) in [7, 11) is 3.28. The Bertz CT molecular complexity index is 613. The highest BCUT2D eigenvalue weighted by molar-refractivity contribution is 9.10. The van der Waals surface area contributed by atoms with Crippen LogP contribution in [0.25, 0.3) is 0 Å². The molecular formula is C16H18BrNO2. The van der Waals surface area contributed by atoms with E-state index in [0.29, 0.717) is 0 Å². The summed E-state index contributed by atoms with van der Waals surface area (Å²) >= 11 is 3.50. The number of rotatable bonds is 4. The number of nitrogens with two attached hydrogens (primary N) is 1. The van der Waals surface area contributed by atoms with Crippen molar-refractivity contribution in [1.29, 1.82) is 0 Å². The zero-order valence-electron chi connectivity index (χ0n) is 11.8. The van der Waals surface area contributed by atoms with Gasteiger partial charge in [-0.15, -0.1) is 0 Å². The van der Waals surface area contributed by atoms with Crippen LogP contribution < -0.4 is 15.2 Å². The van der Waals surface area contributed by atoms with Crippen molar-refractivity contribution in [2.45, 2.75) is 13.0 Å². The molecule has 0 spiro atoms. The van der Waals surface area contributed by atoms with Gasteiger partial charge in [-0.05, 0) is 42.3 Å². The van der Waals surface area contributed by atoms with Gasteiger partial charge in [-0.2, -0.15) is 0 Å². The molecule has 0 aromatic heterocycles. The number of aryl methyl sites for hydroxylation is 1. The number of hydrogen-bond acceptors (Lipinski definition) is 3. The van der Waals surface area contributed by atoms with Gasteiger partial charge in [-0.3, -0.25) is 0 Å². The van der Waals surface area contributed by atoms with Gasteiger partial charge in [-0.1, -0.05) is 28.1 Å². The van der Waals surface area contributed by atoms with E-state index in [-0.39, 0.29) is 6.04 Å². The molecule has 106 valence electrons. The van der Waals surface area contributed by atoms with E-state index in [1.165, 1.54) is 0 Å². The van der Waals surface area contributed by atoms with Crippen LogP contribution in [0.5, 0.6) is 11.5 Å². The highest BCUT2D eigenvalue weighted by Crippen LogP contribution is 2.32. The number of hydrogen-bond donors (Lipinski definition) is 1. The van der Waals surface area contributed by atoms with Crippen molar-refractivity contribution >= 4 is 15.9 Å². The van der Waals surface area contributed by atoms with E-state index < -0.39 is 0 Å². The molecule has 0 saturated heterocycles. The summed E-state index contributed by atoms with van der Waals surface area (Å²) in [4.78, 5) is 0. The van der Waals surface area contributed by atoms with Gasteiger partial charge in [-0.25, -0.2) is 0 Å². The third-order valence-electron chi connectivity index (χ3n) is 3.31. The third kappa shape index (κ3) is 2.97. The Hall–Kier alpha value is -1.52. The second-order valence-corrected chi connectivity index (χ2v) is 5.45. The first-order chi connectivity index (χ1) is 9.56. The van der Waals surface area contributed by atoms with Crippen LogP contribution in [0.2, 0.25) is 0 Å². The Morgan fingerprint density at radius 1 is 1.05 bits per heavy atom. The van der Waals surface area contributed by atoms with E-state index in [1.54, 1.807) is 14.2 Å². The van der Waals surface area contributed by atoms with Crippen LogP contribution in [0.15, 0.2) is 40.9 Å². The van der Waals surface area contributed by atoms with Gasteiger partial charge in [0.25, 0.3) is 0 Å². The minimum atomic E-state index is -0.258. The van der Waals surface area contributed by atoms with Gasteiger partial charge < -0.3 is 15.2 Å². The van der Waals surface area contributed by atoms with Crippen molar-refractivity contribution < 1.29 is 9.47 Å². The Balaban J connectivity index is 2.45. The van der Waals surface area contributed by atoms with Crippen molar-refractivity contribution in [3.05, 3.63) is 57.6 Å². The van der Waals surface area contributed by atoms with Crippen LogP contribution in [-0.2, 0) is 0 Å². The molecule has 0 bridgehead atoms. The van der Waals surface area contributed by atoms with Gasteiger partial charge in [0.1, 0.15) is 11.5 Å². The predicted molar refractivity (Wildman–Crippen MR) is 84.5 cm³/mol. The Kier molecular flexibility index (Phi) is 4.68. The molecule has 0 aliphatic carbocycles. The molecule has 0 aliphatic rings. The average Bonchev–Trinajstić information content (AvgIpc) is 2.48. The second kappa shape index (κ2) is 6.29. The molecule has 1 atom stereocenters. The molecule has 1 unspecified atom stereocenters. The summed E-state index contributed by atoms with van der Waals surface area (Å²) in [6.45, 7) is 2.04. The second-order valence-electron chi connectivity index (χ2n) is 4.59.